The third-order valence-corrected chi connectivity index (χ3v) is 3.97. The van der Waals surface area contributed by atoms with Gasteiger partial charge in [0.1, 0.15) is 18.1 Å². The molecule has 1 N–H and O–H groups in total. The molecule has 0 saturated heterocycles. The first-order chi connectivity index (χ1) is 13.0. The Labute approximate surface area is 161 Å². The van der Waals surface area contributed by atoms with Crippen molar-refractivity contribution >= 4 is 29.6 Å². The van der Waals surface area contributed by atoms with Crippen molar-refractivity contribution in [3.05, 3.63) is 69.9 Å². The average Bonchev–Trinajstić information content (AvgIpc) is 2.65. The Kier molecular flexibility index (Phi) is 6.11. The molecule has 1 aliphatic rings. The summed E-state index contributed by atoms with van der Waals surface area (Å²) in [5.41, 5.74) is 2.24. The predicted octanol–water partition coefficient (Wildman–Crippen LogP) is 3.43. The quantitative estimate of drug-likeness (QED) is 0.628. The van der Waals surface area contributed by atoms with E-state index in [2.05, 4.69) is 5.32 Å². The van der Waals surface area contributed by atoms with Crippen LogP contribution >= 0.6 is 11.6 Å². The van der Waals surface area contributed by atoms with Crippen LogP contribution in [0.3, 0.4) is 0 Å². The van der Waals surface area contributed by atoms with Gasteiger partial charge in [0.15, 0.2) is 6.79 Å². The second kappa shape index (κ2) is 8.70. The number of fused-ring (bicyclic) bond motifs is 1. The fraction of sp³-hybridized carbons (Fsp3) is 0.200. The predicted molar refractivity (Wildman–Crippen MR) is 99.8 cm³/mol. The molecule has 2 aromatic rings. The fourth-order valence-electron chi connectivity index (χ4n) is 2.64. The lowest BCUT2D eigenvalue weighted by Crippen LogP contribution is -2.26. The van der Waals surface area contributed by atoms with E-state index in [1.54, 1.807) is 18.2 Å². The molecule has 27 heavy (non-hydrogen) atoms. The van der Waals surface area contributed by atoms with Gasteiger partial charge in [-0.05, 0) is 23.8 Å². The van der Waals surface area contributed by atoms with Crippen LogP contribution in [0.25, 0.3) is 6.08 Å². The molecule has 3 rings (SSSR count). The highest BCUT2D eigenvalue weighted by atomic mass is 35.5. The minimum absolute atomic E-state index is 0.0482. The van der Waals surface area contributed by atoms with Crippen molar-refractivity contribution in [3.8, 4) is 5.75 Å². The largest absolute Gasteiger partial charge is 0.467 e. The van der Waals surface area contributed by atoms with Gasteiger partial charge in [0.05, 0.1) is 6.61 Å². The van der Waals surface area contributed by atoms with Crippen molar-refractivity contribution in [2.45, 2.75) is 20.1 Å². The van der Waals surface area contributed by atoms with Crippen molar-refractivity contribution in [1.29, 1.82) is 0 Å². The lowest BCUT2D eigenvalue weighted by molar-refractivity contribution is -0.141. The zero-order valence-corrected chi connectivity index (χ0v) is 15.4. The summed E-state index contributed by atoms with van der Waals surface area (Å²) in [5, 5.41) is 3.00. The molecule has 0 saturated carbocycles. The van der Waals surface area contributed by atoms with Crippen LogP contribution in [-0.2, 0) is 32.3 Å². The number of esters is 1. The molecule has 2 aromatic carbocycles. The monoisotopic (exact) mass is 387 g/mol. The number of rotatable bonds is 5. The lowest BCUT2D eigenvalue weighted by atomic mass is 10.1. The standard InChI is InChI=1S/C20H18ClNO5/c1-13(23)22-18(7-14-5-3-2-4-6-14)20(24)26-11-16-9-17(21)8-15-10-25-12-27-19(15)16/h2-9H,10-12H2,1H3,(H,22,23)/b18-7-. The summed E-state index contributed by atoms with van der Waals surface area (Å²) in [5.74, 6) is -0.420. The van der Waals surface area contributed by atoms with Crippen molar-refractivity contribution in [2.75, 3.05) is 6.79 Å². The first-order valence-corrected chi connectivity index (χ1v) is 8.64. The minimum Gasteiger partial charge on any atom is -0.467 e. The van der Waals surface area contributed by atoms with Gasteiger partial charge in [-0.25, -0.2) is 4.79 Å². The van der Waals surface area contributed by atoms with Crippen molar-refractivity contribution in [3.63, 3.8) is 0 Å². The van der Waals surface area contributed by atoms with Gasteiger partial charge in [-0.3, -0.25) is 4.79 Å². The van der Waals surface area contributed by atoms with Crippen LogP contribution in [0.5, 0.6) is 5.75 Å². The molecular formula is C20H18ClNO5. The topological polar surface area (TPSA) is 73.9 Å². The van der Waals surface area contributed by atoms with Crippen molar-refractivity contribution < 1.29 is 23.8 Å². The van der Waals surface area contributed by atoms with Gasteiger partial charge in [-0.2, -0.15) is 0 Å². The van der Waals surface area contributed by atoms with Crippen LogP contribution < -0.4 is 10.1 Å². The van der Waals surface area contributed by atoms with E-state index in [9.17, 15) is 9.59 Å². The summed E-state index contributed by atoms with van der Waals surface area (Å²) in [6.45, 7) is 1.78. The van der Waals surface area contributed by atoms with Crippen molar-refractivity contribution in [2.24, 2.45) is 0 Å². The van der Waals surface area contributed by atoms with Crippen LogP contribution in [-0.4, -0.2) is 18.7 Å². The summed E-state index contributed by atoms with van der Waals surface area (Å²) < 4.78 is 16.1. The van der Waals surface area contributed by atoms with Crippen LogP contribution in [0.1, 0.15) is 23.6 Å². The Morgan fingerprint density at radius 2 is 2.04 bits per heavy atom. The third-order valence-electron chi connectivity index (χ3n) is 3.75. The molecule has 0 bridgehead atoms. The molecule has 0 aromatic heterocycles. The lowest BCUT2D eigenvalue weighted by Gasteiger charge is -2.21. The van der Waals surface area contributed by atoms with E-state index in [1.165, 1.54) is 6.92 Å². The summed E-state index contributed by atoms with van der Waals surface area (Å²) in [4.78, 5) is 24.0. The highest BCUT2D eigenvalue weighted by molar-refractivity contribution is 6.30. The second-order valence-corrected chi connectivity index (χ2v) is 6.33. The summed E-state index contributed by atoms with van der Waals surface area (Å²) in [6.07, 6.45) is 1.56. The van der Waals surface area contributed by atoms with Crippen LogP contribution in [0.2, 0.25) is 5.02 Å². The molecule has 0 spiro atoms. The number of carbonyl (C=O) groups is 2. The van der Waals surface area contributed by atoms with Gasteiger partial charge in [-0.15, -0.1) is 0 Å². The normalized spacial score (nSPS) is 13.3. The molecule has 7 heteroatoms. The van der Waals surface area contributed by atoms with Gasteiger partial charge in [0.2, 0.25) is 5.91 Å². The molecule has 1 aliphatic heterocycles. The fourth-order valence-corrected chi connectivity index (χ4v) is 2.90. The third kappa shape index (κ3) is 5.09. The number of benzene rings is 2. The molecule has 6 nitrogen and oxygen atoms in total. The molecule has 0 aliphatic carbocycles. The van der Waals surface area contributed by atoms with E-state index in [4.69, 9.17) is 25.8 Å². The number of carbonyl (C=O) groups excluding carboxylic acids is 2. The van der Waals surface area contributed by atoms with E-state index in [1.807, 2.05) is 30.3 Å². The van der Waals surface area contributed by atoms with Gasteiger partial charge < -0.3 is 19.5 Å². The zero-order valence-electron chi connectivity index (χ0n) is 14.7. The number of nitrogens with one attached hydrogen (secondary N) is 1. The first-order valence-electron chi connectivity index (χ1n) is 8.26. The SMILES string of the molecule is CC(=O)N/C(=C\c1ccccc1)C(=O)OCc1cc(Cl)cc2c1OCOC2. The number of hydrogen-bond donors (Lipinski definition) is 1. The van der Waals surface area contributed by atoms with E-state index < -0.39 is 5.97 Å². The summed E-state index contributed by atoms with van der Waals surface area (Å²) in [6, 6.07) is 12.6. The van der Waals surface area contributed by atoms with E-state index in [0.29, 0.717) is 22.9 Å². The zero-order chi connectivity index (χ0) is 19.2. The molecule has 1 amide bonds. The highest BCUT2D eigenvalue weighted by Crippen LogP contribution is 2.32. The molecular weight excluding hydrogens is 370 g/mol. The first kappa shape index (κ1) is 18.9. The maximum atomic E-state index is 12.5. The molecule has 0 fully saturated rings. The van der Waals surface area contributed by atoms with Crippen LogP contribution in [0.4, 0.5) is 0 Å². The highest BCUT2D eigenvalue weighted by Gasteiger charge is 2.19. The van der Waals surface area contributed by atoms with Crippen LogP contribution in [0.15, 0.2) is 48.2 Å². The number of amides is 1. The van der Waals surface area contributed by atoms with Gasteiger partial charge in [-0.1, -0.05) is 41.9 Å². The second-order valence-electron chi connectivity index (χ2n) is 5.89. The molecule has 0 radical (unpaired) electrons. The van der Waals surface area contributed by atoms with Gasteiger partial charge >= 0.3 is 5.97 Å². The number of halogens is 1. The Balaban J connectivity index is 1.78. The van der Waals surface area contributed by atoms with Gasteiger partial charge in [0, 0.05) is 23.1 Å². The summed E-state index contributed by atoms with van der Waals surface area (Å²) in [7, 11) is 0. The maximum absolute atomic E-state index is 12.5. The maximum Gasteiger partial charge on any atom is 0.355 e. The molecule has 0 atom stereocenters. The molecule has 1 heterocycles. The van der Waals surface area contributed by atoms with E-state index >= 15 is 0 Å². The minimum atomic E-state index is -0.658. The Hall–Kier alpha value is -2.83. The van der Waals surface area contributed by atoms with E-state index in [0.717, 1.165) is 11.1 Å². The van der Waals surface area contributed by atoms with E-state index in [-0.39, 0.29) is 25.0 Å². The van der Waals surface area contributed by atoms with Gasteiger partial charge in [0.25, 0.3) is 0 Å². The average molecular weight is 388 g/mol. The van der Waals surface area contributed by atoms with Crippen LogP contribution in [0, 0.1) is 0 Å². The Bertz CT molecular complexity index is 879. The smallest absolute Gasteiger partial charge is 0.355 e. The molecule has 140 valence electrons. The number of hydrogen-bond acceptors (Lipinski definition) is 5. The summed E-state index contributed by atoms with van der Waals surface area (Å²) >= 11 is 6.12. The Morgan fingerprint density at radius 1 is 1.26 bits per heavy atom. The Morgan fingerprint density at radius 3 is 2.78 bits per heavy atom. The molecule has 0 unspecified atom stereocenters. The van der Waals surface area contributed by atoms with Crippen molar-refractivity contribution in [1.82, 2.24) is 5.32 Å². The number of ether oxygens (including phenoxy) is 3.